The molecule has 1 heterocycles. The standard InChI is InChI=1S/C12H21NO2/c1-12(2,3)10-8-13(4)7-6-9(10)11(14)15-5/h6-8H2,1-5H3. The van der Waals surface area contributed by atoms with E-state index >= 15 is 0 Å². The van der Waals surface area contributed by atoms with Gasteiger partial charge in [0.05, 0.1) is 7.11 Å². The highest BCUT2D eigenvalue weighted by Crippen LogP contribution is 2.32. The van der Waals surface area contributed by atoms with Crippen molar-refractivity contribution >= 4 is 5.97 Å². The van der Waals surface area contributed by atoms with Crippen LogP contribution in [-0.4, -0.2) is 38.1 Å². The third kappa shape index (κ3) is 2.81. The minimum atomic E-state index is -0.159. The molecule has 3 heteroatoms. The molecule has 1 rings (SSSR count). The highest BCUT2D eigenvalue weighted by Gasteiger charge is 2.29. The Morgan fingerprint density at radius 2 is 2.00 bits per heavy atom. The van der Waals surface area contributed by atoms with Crippen LogP contribution in [0.2, 0.25) is 0 Å². The lowest BCUT2D eigenvalue weighted by Crippen LogP contribution is -2.35. The fraction of sp³-hybridized carbons (Fsp3) is 0.750. The van der Waals surface area contributed by atoms with Gasteiger partial charge in [-0.15, -0.1) is 0 Å². The molecule has 0 amide bonds. The third-order valence-electron chi connectivity index (χ3n) is 2.87. The van der Waals surface area contributed by atoms with Crippen LogP contribution in [0.5, 0.6) is 0 Å². The molecule has 3 nitrogen and oxygen atoms in total. The van der Waals surface area contributed by atoms with Crippen molar-refractivity contribution in [3.05, 3.63) is 11.1 Å². The topological polar surface area (TPSA) is 29.5 Å². The molecule has 1 aliphatic rings. The molecule has 1 aliphatic heterocycles. The summed E-state index contributed by atoms with van der Waals surface area (Å²) in [6.45, 7) is 8.23. The Hall–Kier alpha value is -0.830. The van der Waals surface area contributed by atoms with Gasteiger partial charge in [0.15, 0.2) is 0 Å². The van der Waals surface area contributed by atoms with Crippen molar-refractivity contribution in [1.29, 1.82) is 0 Å². The number of hydrogen-bond donors (Lipinski definition) is 0. The quantitative estimate of drug-likeness (QED) is 0.620. The second-order valence-electron chi connectivity index (χ2n) is 5.19. The first-order chi connectivity index (χ1) is 6.86. The van der Waals surface area contributed by atoms with Crippen molar-refractivity contribution in [3.63, 3.8) is 0 Å². The first-order valence-electron chi connectivity index (χ1n) is 5.35. The van der Waals surface area contributed by atoms with Gasteiger partial charge in [-0.1, -0.05) is 20.8 Å². The van der Waals surface area contributed by atoms with E-state index in [0.29, 0.717) is 0 Å². The van der Waals surface area contributed by atoms with Gasteiger partial charge >= 0.3 is 5.97 Å². The Morgan fingerprint density at radius 1 is 1.40 bits per heavy atom. The van der Waals surface area contributed by atoms with Crippen LogP contribution < -0.4 is 0 Å². The summed E-state index contributed by atoms with van der Waals surface area (Å²) in [5.74, 6) is -0.159. The molecule has 0 atom stereocenters. The van der Waals surface area contributed by atoms with Gasteiger partial charge in [-0.3, -0.25) is 0 Å². The fourth-order valence-electron chi connectivity index (χ4n) is 1.94. The van der Waals surface area contributed by atoms with E-state index < -0.39 is 0 Å². The number of methoxy groups -OCH3 is 1. The Morgan fingerprint density at radius 3 is 2.47 bits per heavy atom. The zero-order chi connectivity index (χ0) is 11.6. The van der Waals surface area contributed by atoms with Crippen LogP contribution in [0.15, 0.2) is 11.1 Å². The zero-order valence-corrected chi connectivity index (χ0v) is 10.4. The zero-order valence-electron chi connectivity index (χ0n) is 10.4. The van der Waals surface area contributed by atoms with Gasteiger partial charge in [-0.2, -0.15) is 0 Å². The van der Waals surface area contributed by atoms with Gasteiger partial charge in [0.25, 0.3) is 0 Å². The third-order valence-corrected chi connectivity index (χ3v) is 2.87. The summed E-state index contributed by atoms with van der Waals surface area (Å²) in [6, 6.07) is 0. The molecule has 0 aromatic rings. The Kier molecular flexibility index (Phi) is 3.55. The molecule has 86 valence electrons. The van der Waals surface area contributed by atoms with E-state index in [9.17, 15) is 4.79 Å². The van der Waals surface area contributed by atoms with Gasteiger partial charge in [0.1, 0.15) is 0 Å². The molecular weight excluding hydrogens is 190 g/mol. The van der Waals surface area contributed by atoms with Crippen LogP contribution in [0.4, 0.5) is 0 Å². The Balaban J connectivity index is 3.07. The number of carbonyl (C=O) groups excluding carboxylic acids is 1. The Bertz CT molecular complexity index is 286. The summed E-state index contributed by atoms with van der Waals surface area (Å²) < 4.78 is 4.84. The van der Waals surface area contributed by atoms with Crippen LogP contribution in [-0.2, 0) is 9.53 Å². The SMILES string of the molecule is COC(=O)C1=C(C(C)(C)C)CN(C)CC1. The van der Waals surface area contributed by atoms with Crippen LogP contribution in [0.25, 0.3) is 0 Å². The van der Waals surface area contributed by atoms with Gasteiger partial charge in [0, 0.05) is 18.7 Å². The minimum Gasteiger partial charge on any atom is -0.466 e. The van der Waals surface area contributed by atoms with Crippen molar-refractivity contribution < 1.29 is 9.53 Å². The molecule has 0 radical (unpaired) electrons. The second-order valence-corrected chi connectivity index (χ2v) is 5.19. The maximum absolute atomic E-state index is 11.6. The maximum Gasteiger partial charge on any atom is 0.333 e. The predicted octanol–water partition coefficient (Wildman–Crippen LogP) is 1.84. The van der Waals surface area contributed by atoms with Crippen molar-refractivity contribution in [2.45, 2.75) is 27.2 Å². The highest BCUT2D eigenvalue weighted by atomic mass is 16.5. The predicted molar refractivity (Wildman–Crippen MR) is 60.6 cm³/mol. The normalized spacial score (nSPS) is 19.3. The fourth-order valence-corrected chi connectivity index (χ4v) is 1.94. The molecule has 0 spiro atoms. The first kappa shape index (κ1) is 12.2. The second kappa shape index (κ2) is 4.35. The number of hydrogen-bond acceptors (Lipinski definition) is 3. The number of ether oxygens (including phenoxy) is 1. The maximum atomic E-state index is 11.6. The lowest BCUT2D eigenvalue weighted by molar-refractivity contribution is -0.136. The first-order valence-corrected chi connectivity index (χ1v) is 5.35. The van der Waals surface area contributed by atoms with Crippen molar-refractivity contribution in [1.82, 2.24) is 4.90 Å². The van der Waals surface area contributed by atoms with E-state index in [2.05, 4.69) is 32.7 Å². The Labute approximate surface area is 92.1 Å². The lowest BCUT2D eigenvalue weighted by Gasteiger charge is -2.34. The average Bonchev–Trinajstić information content (AvgIpc) is 2.15. The van der Waals surface area contributed by atoms with Crippen molar-refractivity contribution in [3.8, 4) is 0 Å². The van der Waals surface area contributed by atoms with Crippen LogP contribution in [0, 0.1) is 5.41 Å². The molecule has 0 bridgehead atoms. The summed E-state index contributed by atoms with van der Waals surface area (Å²) in [6.07, 6.45) is 0.801. The van der Waals surface area contributed by atoms with Gasteiger partial charge in [-0.05, 0) is 24.5 Å². The summed E-state index contributed by atoms with van der Waals surface area (Å²) in [4.78, 5) is 13.9. The van der Waals surface area contributed by atoms with E-state index in [-0.39, 0.29) is 11.4 Å². The molecule has 0 aromatic carbocycles. The monoisotopic (exact) mass is 211 g/mol. The van der Waals surface area contributed by atoms with Crippen LogP contribution >= 0.6 is 0 Å². The van der Waals surface area contributed by atoms with Crippen LogP contribution in [0.3, 0.4) is 0 Å². The van der Waals surface area contributed by atoms with E-state index in [4.69, 9.17) is 4.74 Å². The minimum absolute atomic E-state index is 0.0399. The van der Waals surface area contributed by atoms with Crippen molar-refractivity contribution in [2.24, 2.45) is 5.41 Å². The smallest absolute Gasteiger partial charge is 0.333 e. The number of nitrogens with zero attached hydrogens (tertiary/aromatic N) is 1. The summed E-state index contributed by atoms with van der Waals surface area (Å²) in [5.41, 5.74) is 2.13. The average molecular weight is 211 g/mol. The van der Waals surface area contributed by atoms with Gasteiger partial charge in [-0.25, -0.2) is 4.79 Å². The van der Waals surface area contributed by atoms with E-state index in [1.165, 1.54) is 12.7 Å². The molecule has 0 aromatic heterocycles. The van der Waals surface area contributed by atoms with Gasteiger partial charge in [0.2, 0.25) is 0 Å². The molecule has 0 fully saturated rings. The number of carbonyl (C=O) groups is 1. The summed E-state index contributed by atoms with van der Waals surface area (Å²) in [5, 5.41) is 0. The molecule has 0 unspecified atom stereocenters. The van der Waals surface area contributed by atoms with Crippen LogP contribution in [0.1, 0.15) is 27.2 Å². The summed E-state index contributed by atoms with van der Waals surface area (Å²) >= 11 is 0. The largest absolute Gasteiger partial charge is 0.466 e. The van der Waals surface area contributed by atoms with E-state index in [0.717, 1.165) is 25.1 Å². The van der Waals surface area contributed by atoms with E-state index in [1.807, 2.05) is 0 Å². The summed E-state index contributed by atoms with van der Waals surface area (Å²) in [7, 11) is 3.54. The van der Waals surface area contributed by atoms with E-state index in [1.54, 1.807) is 0 Å². The molecule has 0 N–H and O–H groups in total. The molecular formula is C12H21NO2. The molecule has 0 aliphatic carbocycles. The number of esters is 1. The molecule has 0 saturated heterocycles. The molecule has 0 saturated carbocycles. The number of likely N-dealkylation sites (N-methyl/N-ethyl adjacent to an activating group) is 1. The lowest BCUT2D eigenvalue weighted by atomic mass is 9.80. The van der Waals surface area contributed by atoms with Gasteiger partial charge < -0.3 is 9.64 Å². The number of rotatable bonds is 1. The highest BCUT2D eigenvalue weighted by molar-refractivity contribution is 5.89. The molecule has 15 heavy (non-hydrogen) atoms. The van der Waals surface area contributed by atoms with Crippen molar-refractivity contribution in [2.75, 3.05) is 27.2 Å².